The molecule has 0 N–H and O–H groups in total. The predicted molar refractivity (Wildman–Crippen MR) is 69.1 cm³/mol. The van der Waals surface area contributed by atoms with E-state index in [-0.39, 0.29) is 12.4 Å². The Morgan fingerprint density at radius 3 is 2.47 bits per heavy atom. The minimum absolute atomic E-state index is 0.120. The molecule has 1 aromatic rings. The smallest absolute Gasteiger partial charge is 0.317 e. The highest BCUT2D eigenvalue weighted by Gasteiger charge is 2.01. The van der Waals surface area contributed by atoms with Crippen molar-refractivity contribution in [3.8, 4) is 11.8 Å². The number of carbonyl (C=O) groups excluding carboxylic acids is 1. The Morgan fingerprint density at radius 1 is 1.35 bits per heavy atom. The third kappa shape index (κ3) is 4.13. The van der Waals surface area contributed by atoms with Gasteiger partial charge in [-0.15, -0.1) is 0 Å². The van der Waals surface area contributed by atoms with E-state index < -0.39 is 0 Å². The zero-order valence-electron chi connectivity index (χ0n) is 10.3. The molecule has 0 saturated heterocycles. The Labute approximate surface area is 107 Å². The highest BCUT2D eigenvalue weighted by atomic mass is 35.5. The van der Waals surface area contributed by atoms with E-state index in [0.717, 1.165) is 21.7 Å². The molecular weight excluding hydrogens is 236 g/mol. The van der Waals surface area contributed by atoms with Crippen molar-refractivity contribution in [1.82, 2.24) is 0 Å². The number of hydrogen-bond donors (Lipinski definition) is 0. The van der Waals surface area contributed by atoms with Gasteiger partial charge in [-0.05, 0) is 44.0 Å². The summed E-state index contributed by atoms with van der Waals surface area (Å²) < 4.78 is 4.78. The molecule has 0 bridgehead atoms. The van der Waals surface area contributed by atoms with Crippen LogP contribution in [0.25, 0.3) is 0 Å². The van der Waals surface area contributed by atoms with E-state index in [1.165, 1.54) is 0 Å². The number of benzene rings is 1. The molecule has 1 aromatic carbocycles. The Morgan fingerprint density at radius 2 is 1.94 bits per heavy atom. The van der Waals surface area contributed by atoms with Crippen LogP contribution in [0.4, 0.5) is 0 Å². The molecule has 0 aliphatic rings. The maximum Gasteiger partial charge on any atom is 0.317 e. The van der Waals surface area contributed by atoms with Crippen LogP contribution in [0.5, 0.6) is 0 Å². The molecule has 0 unspecified atom stereocenters. The summed E-state index contributed by atoms with van der Waals surface area (Å²) in [6.07, 6.45) is 0.120. The summed E-state index contributed by atoms with van der Waals surface area (Å²) in [6.45, 7) is 6.04. The van der Waals surface area contributed by atoms with Crippen LogP contribution in [-0.4, -0.2) is 12.6 Å². The lowest BCUT2D eigenvalue weighted by Crippen LogP contribution is -2.01. The molecule has 90 valence electrons. The van der Waals surface area contributed by atoms with E-state index in [1.54, 1.807) is 6.92 Å². The summed E-state index contributed by atoms with van der Waals surface area (Å²) in [7, 11) is 0. The monoisotopic (exact) mass is 250 g/mol. The molecule has 0 aromatic heterocycles. The Hall–Kier alpha value is -1.46. The van der Waals surface area contributed by atoms with Gasteiger partial charge < -0.3 is 4.74 Å². The second-order valence-electron chi connectivity index (χ2n) is 3.71. The molecule has 0 heterocycles. The summed E-state index contributed by atoms with van der Waals surface area (Å²) in [5.41, 5.74) is 2.85. The van der Waals surface area contributed by atoms with Gasteiger partial charge in [-0.1, -0.05) is 23.4 Å². The van der Waals surface area contributed by atoms with Crippen LogP contribution < -0.4 is 0 Å². The molecule has 1 rings (SSSR count). The molecule has 0 saturated carbocycles. The summed E-state index contributed by atoms with van der Waals surface area (Å²) in [4.78, 5) is 11.1. The standard InChI is InChI=1S/C14H15ClO2/c1-4-17-13(16)7-5-6-12-8-10(2)14(15)11(3)9-12/h8-9H,4,7H2,1-3H3. The normalized spacial score (nSPS) is 9.41. The van der Waals surface area contributed by atoms with Crippen molar-refractivity contribution in [3.63, 3.8) is 0 Å². The fourth-order valence-corrected chi connectivity index (χ4v) is 1.56. The zero-order valence-corrected chi connectivity index (χ0v) is 11.0. The van der Waals surface area contributed by atoms with Crippen molar-refractivity contribution in [1.29, 1.82) is 0 Å². The number of ether oxygens (including phenoxy) is 1. The number of aryl methyl sites for hydroxylation is 2. The summed E-state index contributed by atoms with van der Waals surface area (Å²) in [5.74, 6) is 5.44. The second-order valence-corrected chi connectivity index (χ2v) is 4.09. The van der Waals surface area contributed by atoms with Crippen LogP contribution in [0, 0.1) is 25.7 Å². The maximum atomic E-state index is 11.1. The fraction of sp³-hybridized carbons (Fsp3) is 0.357. The lowest BCUT2D eigenvalue weighted by Gasteiger charge is -2.02. The highest BCUT2D eigenvalue weighted by Crippen LogP contribution is 2.21. The van der Waals surface area contributed by atoms with Crippen LogP contribution >= 0.6 is 11.6 Å². The van der Waals surface area contributed by atoms with E-state index in [9.17, 15) is 4.79 Å². The van der Waals surface area contributed by atoms with Crippen LogP contribution in [0.2, 0.25) is 5.02 Å². The van der Waals surface area contributed by atoms with Crippen molar-refractivity contribution in [2.24, 2.45) is 0 Å². The third-order valence-corrected chi connectivity index (χ3v) is 2.80. The van der Waals surface area contributed by atoms with Gasteiger partial charge in [0.2, 0.25) is 0 Å². The number of esters is 1. The quantitative estimate of drug-likeness (QED) is 0.595. The van der Waals surface area contributed by atoms with Gasteiger partial charge in [-0.2, -0.15) is 0 Å². The van der Waals surface area contributed by atoms with Crippen LogP contribution in [0.1, 0.15) is 30.0 Å². The molecule has 17 heavy (non-hydrogen) atoms. The average Bonchev–Trinajstić information content (AvgIpc) is 2.26. The van der Waals surface area contributed by atoms with Crippen molar-refractivity contribution in [2.45, 2.75) is 27.2 Å². The first-order chi connectivity index (χ1) is 8.04. The second kappa shape index (κ2) is 6.32. The van der Waals surface area contributed by atoms with Crippen LogP contribution in [0.3, 0.4) is 0 Å². The molecule has 0 aliphatic carbocycles. The topological polar surface area (TPSA) is 26.3 Å². The minimum Gasteiger partial charge on any atom is -0.465 e. The maximum absolute atomic E-state index is 11.1. The van der Waals surface area contributed by atoms with Crippen LogP contribution in [0.15, 0.2) is 12.1 Å². The first-order valence-corrected chi connectivity index (χ1v) is 5.83. The Bertz CT molecular complexity index is 458. The predicted octanol–water partition coefficient (Wildman–Crippen LogP) is 3.26. The molecule has 0 atom stereocenters. The minimum atomic E-state index is -0.289. The Balaban J connectivity index is 2.76. The van der Waals surface area contributed by atoms with E-state index in [0.29, 0.717) is 6.61 Å². The number of hydrogen-bond acceptors (Lipinski definition) is 2. The van der Waals surface area contributed by atoms with Gasteiger partial charge >= 0.3 is 5.97 Å². The summed E-state index contributed by atoms with van der Waals surface area (Å²) in [5, 5.41) is 0.765. The number of rotatable bonds is 2. The molecule has 0 amide bonds. The Kier molecular flexibility index (Phi) is 5.06. The van der Waals surface area contributed by atoms with E-state index in [1.807, 2.05) is 26.0 Å². The SMILES string of the molecule is CCOC(=O)CC#Cc1cc(C)c(Cl)c(C)c1. The summed E-state index contributed by atoms with van der Waals surface area (Å²) in [6, 6.07) is 3.82. The molecular formula is C14H15ClO2. The summed E-state index contributed by atoms with van der Waals surface area (Å²) >= 11 is 6.05. The first kappa shape index (κ1) is 13.6. The molecule has 0 fully saturated rings. The number of halogens is 1. The zero-order chi connectivity index (χ0) is 12.8. The molecule has 0 aliphatic heterocycles. The lowest BCUT2D eigenvalue weighted by molar-refractivity contribution is -0.141. The van der Waals surface area contributed by atoms with E-state index >= 15 is 0 Å². The van der Waals surface area contributed by atoms with Crippen molar-refractivity contribution in [2.75, 3.05) is 6.61 Å². The van der Waals surface area contributed by atoms with Gasteiger partial charge in [0.15, 0.2) is 0 Å². The van der Waals surface area contributed by atoms with Gasteiger partial charge in [-0.25, -0.2) is 0 Å². The molecule has 3 heteroatoms. The average molecular weight is 251 g/mol. The molecule has 2 nitrogen and oxygen atoms in total. The van der Waals surface area contributed by atoms with E-state index in [2.05, 4.69) is 11.8 Å². The molecule has 0 spiro atoms. The lowest BCUT2D eigenvalue weighted by atomic mass is 10.1. The third-order valence-electron chi connectivity index (χ3n) is 2.21. The van der Waals surface area contributed by atoms with Crippen molar-refractivity contribution >= 4 is 17.6 Å². The fourth-order valence-electron chi connectivity index (χ4n) is 1.45. The van der Waals surface area contributed by atoms with Crippen molar-refractivity contribution < 1.29 is 9.53 Å². The van der Waals surface area contributed by atoms with Gasteiger partial charge in [0.25, 0.3) is 0 Å². The molecule has 0 radical (unpaired) electrons. The van der Waals surface area contributed by atoms with Gasteiger partial charge in [-0.3, -0.25) is 4.79 Å². The van der Waals surface area contributed by atoms with Crippen LogP contribution in [-0.2, 0) is 9.53 Å². The van der Waals surface area contributed by atoms with Gasteiger partial charge in [0.1, 0.15) is 6.42 Å². The first-order valence-electron chi connectivity index (χ1n) is 5.45. The van der Waals surface area contributed by atoms with Gasteiger partial charge in [0.05, 0.1) is 6.61 Å². The van der Waals surface area contributed by atoms with Crippen molar-refractivity contribution in [3.05, 3.63) is 33.8 Å². The largest absolute Gasteiger partial charge is 0.465 e. The number of carbonyl (C=O) groups is 1. The van der Waals surface area contributed by atoms with Gasteiger partial charge in [0, 0.05) is 10.6 Å². The van der Waals surface area contributed by atoms with E-state index in [4.69, 9.17) is 16.3 Å². The highest BCUT2D eigenvalue weighted by molar-refractivity contribution is 6.32.